The molecule has 0 aromatic rings. The number of hydrogen-bond acceptors (Lipinski definition) is 6. The van der Waals surface area contributed by atoms with E-state index >= 15 is 0 Å². The minimum atomic E-state index is -1.03. The number of ether oxygens (including phenoxy) is 1. The van der Waals surface area contributed by atoms with Gasteiger partial charge in [0.15, 0.2) is 0 Å². The van der Waals surface area contributed by atoms with Crippen LogP contribution < -0.4 is 10.6 Å². The lowest BCUT2D eigenvalue weighted by atomic mass is 10.1. The summed E-state index contributed by atoms with van der Waals surface area (Å²) in [6, 6.07) is 0.936. The molecule has 8 nitrogen and oxygen atoms in total. The quantitative estimate of drug-likeness (QED) is 0.409. The molecule has 23 heavy (non-hydrogen) atoms. The molecule has 0 bridgehead atoms. The predicted octanol–water partition coefficient (Wildman–Crippen LogP) is -0.459. The number of rotatable bonds is 8. The first kappa shape index (κ1) is 18.9. The van der Waals surface area contributed by atoms with E-state index in [2.05, 4.69) is 15.5 Å². The number of carbonyl (C=O) groups is 2. The molecule has 1 aliphatic rings. The van der Waals surface area contributed by atoms with Crippen molar-refractivity contribution in [2.75, 3.05) is 39.4 Å². The summed E-state index contributed by atoms with van der Waals surface area (Å²) in [4.78, 5) is 25.2. The second-order valence-electron chi connectivity index (χ2n) is 5.61. The SMILES string of the molecule is CC(C)C(N/C=C(/C#N)C(=O)NCCN1CCOCC1)C(=O)O. The lowest BCUT2D eigenvalue weighted by Gasteiger charge is -2.26. The van der Waals surface area contributed by atoms with E-state index < -0.39 is 17.9 Å². The van der Waals surface area contributed by atoms with Gasteiger partial charge in [0.25, 0.3) is 5.91 Å². The van der Waals surface area contributed by atoms with Crippen LogP contribution in [0.25, 0.3) is 0 Å². The number of morpholine rings is 1. The van der Waals surface area contributed by atoms with Gasteiger partial charge in [-0.1, -0.05) is 13.8 Å². The molecule has 0 aromatic carbocycles. The number of nitrogens with one attached hydrogen (secondary N) is 2. The van der Waals surface area contributed by atoms with E-state index in [1.165, 1.54) is 6.20 Å². The minimum Gasteiger partial charge on any atom is -0.480 e. The third-order valence-corrected chi connectivity index (χ3v) is 3.52. The summed E-state index contributed by atoms with van der Waals surface area (Å²) in [5, 5.41) is 23.4. The Hall–Kier alpha value is -2.11. The second-order valence-corrected chi connectivity index (χ2v) is 5.61. The topological polar surface area (TPSA) is 115 Å². The van der Waals surface area contributed by atoms with Crippen LogP contribution in [0.4, 0.5) is 0 Å². The Bertz CT molecular complexity index is 478. The van der Waals surface area contributed by atoms with Crippen LogP contribution in [0.15, 0.2) is 11.8 Å². The second kappa shape index (κ2) is 9.82. The Morgan fingerprint density at radius 2 is 2.04 bits per heavy atom. The maximum Gasteiger partial charge on any atom is 0.326 e. The molecule has 0 saturated carbocycles. The van der Waals surface area contributed by atoms with Gasteiger partial charge in [0.1, 0.15) is 17.7 Å². The molecule has 8 heteroatoms. The number of amides is 1. The van der Waals surface area contributed by atoms with Gasteiger partial charge in [0.2, 0.25) is 0 Å². The fourth-order valence-electron chi connectivity index (χ4n) is 2.12. The van der Waals surface area contributed by atoms with Gasteiger partial charge in [-0.25, -0.2) is 4.79 Å². The molecule has 1 amide bonds. The molecule has 1 fully saturated rings. The monoisotopic (exact) mass is 324 g/mol. The Balaban J connectivity index is 2.45. The number of nitrogens with zero attached hydrogens (tertiary/aromatic N) is 2. The molecular formula is C15H24N4O4. The Kier molecular flexibility index (Phi) is 8.08. The molecule has 3 N–H and O–H groups in total. The molecule has 1 unspecified atom stereocenters. The molecule has 1 atom stereocenters. The first-order valence-electron chi connectivity index (χ1n) is 7.63. The Morgan fingerprint density at radius 3 is 2.57 bits per heavy atom. The van der Waals surface area contributed by atoms with E-state index in [1.54, 1.807) is 19.9 Å². The van der Waals surface area contributed by atoms with Crippen LogP contribution in [-0.2, 0) is 14.3 Å². The van der Waals surface area contributed by atoms with Crippen LogP contribution in [-0.4, -0.2) is 67.3 Å². The third kappa shape index (κ3) is 6.67. The highest BCUT2D eigenvalue weighted by Crippen LogP contribution is 2.03. The fraction of sp³-hybridized carbons (Fsp3) is 0.667. The van der Waals surface area contributed by atoms with E-state index in [-0.39, 0.29) is 11.5 Å². The number of aliphatic carboxylic acids is 1. The molecule has 128 valence electrons. The summed E-state index contributed by atoms with van der Waals surface area (Å²) < 4.78 is 5.24. The van der Waals surface area contributed by atoms with Crippen molar-refractivity contribution in [3.8, 4) is 6.07 Å². The molecule has 0 aliphatic carbocycles. The fourth-order valence-corrected chi connectivity index (χ4v) is 2.12. The van der Waals surface area contributed by atoms with Gasteiger partial charge in [-0.3, -0.25) is 9.69 Å². The molecule has 1 heterocycles. The molecule has 0 spiro atoms. The first-order valence-corrected chi connectivity index (χ1v) is 7.63. The van der Waals surface area contributed by atoms with E-state index in [4.69, 9.17) is 15.1 Å². The zero-order valence-corrected chi connectivity index (χ0v) is 13.5. The molecular weight excluding hydrogens is 300 g/mol. The number of nitriles is 1. The maximum absolute atomic E-state index is 11.9. The number of carboxylic acid groups (broad SMARTS) is 1. The van der Waals surface area contributed by atoms with Crippen molar-refractivity contribution in [3.05, 3.63) is 11.8 Å². The summed E-state index contributed by atoms with van der Waals surface area (Å²) in [5.41, 5.74) is -0.140. The lowest BCUT2D eigenvalue weighted by molar-refractivity contribution is -0.140. The van der Waals surface area contributed by atoms with E-state index in [0.29, 0.717) is 26.3 Å². The summed E-state index contributed by atoms with van der Waals surface area (Å²) >= 11 is 0. The highest BCUT2D eigenvalue weighted by Gasteiger charge is 2.20. The highest BCUT2D eigenvalue weighted by atomic mass is 16.5. The third-order valence-electron chi connectivity index (χ3n) is 3.52. The molecule has 1 saturated heterocycles. The molecule has 1 aliphatic heterocycles. The van der Waals surface area contributed by atoms with Gasteiger partial charge in [-0.15, -0.1) is 0 Å². The van der Waals surface area contributed by atoms with Crippen molar-refractivity contribution in [3.63, 3.8) is 0 Å². The van der Waals surface area contributed by atoms with Crippen LogP contribution >= 0.6 is 0 Å². The average molecular weight is 324 g/mol. The molecule has 1 rings (SSSR count). The van der Waals surface area contributed by atoms with Gasteiger partial charge in [-0.2, -0.15) is 5.26 Å². The number of hydrogen-bond donors (Lipinski definition) is 3. The van der Waals surface area contributed by atoms with Crippen molar-refractivity contribution < 1.29 is 19.4 Å². The van der Waals surface area contributed by atoms with Crippen molar-refractivity contribution in [2.45, 2.75) is 19.9 Å². The van der Waals surface area contributed by atoms with Crippen LogP contribution in [0, 0.1) is 17.2 Å². The smallest absolute Gasteiger partial charge is 0.326 e. The maximum atomic E-state index is 11.9. The standard InChI is InChI=1S/C15H24N4O4/c1-11(2)13(15(21)22)18-10-12(9-16)14(20)17-3-4-19-5-7-23-8-6-19/h10-11,13,18H,3-8H2,1-2H3,(H,17,20)(H,21,22)/b12-10-. The Morgan fingerprint density at radius 1 is 1.39 bits per heavy atom. The van der Waals surface area contributed by atoms with Crippen molar-refractivity contribution in [1.29, 1.82) is 5.26 Å². The summed E-state index contributed by atoms with van der Waals surface area (Å²) in [6.07, 6.45) is 1.17. The van der Waals surface area contributed by atoms with Gasteiger partial charge < -0.3 is 20.5 Å². The summed E-state index contributed by atoms with van der Waals surface area (Å²) in [5.74, 6) is -1.71. The first-order chi connectivity index (χ1) is 11.0. The normalized spacial score (nSPS) is 17.4. The van der Waals surface area contributed by atoms with E-state index in [9.17, 15) is 9.59 Å². The zero-order valence-electron chi connectivity index (χ0n) is 13.5. The minimum absolute atomic E-state index is 0.140. The predicted molar refractivity (Wildman–Crippen MR) is 83.4 cm³/mol. The molecule has 0 aromatic heterocycles. The van der Waals surface area contributed by atoms with Crippen molar-refractivity contribution in [2.24, 2.45) is 5.92 Å². The zero-order chi connectivity index (χ0) is 17.2. The number of carbonyl (C=O) groups excluding carboxylic acids is 1. The van der Waals surface area contributed by atoms with E-state index in [1.807, 2.05) is 0 Å². The van der Waals surface area contributed by atoms with Crippen molar-refractivity contribution >= 4 is 11.9 Å². The average Bonchev–Trinajstić information content (AvgIpc) is 2.51. The van der Waals surface area contributed by atoms with Crippen LogP contribution in [0.1, 0.15) is 13.8 Å². The summed E-state index contributed by atoms with van der Waals surface area (Å²) in [6.45, 7) is 7.62. The van der Waals surface area contributed by atoms with Crippen LogP contribution in [0.2, 0.25) is 0 Å². The van der Waals surface area contributed by atoms with Gasteiger partial charge in [0, 0.05) is 32.4 Å². The number of carboxylic acids is 1. The van der Waals surface area contributed by atoms with Gasteiger partial charge in [-0.05, 0) is 5.92 Å². The largest absolute Gasteiger partial charge is 0.480 e. The summed E-state index contributed by atoms with van der Waals surface area (Å²) in [7, 11) is 0. The van der Waals surface area contributed by atoms with Crippen LogP contribution in [0.5, 0.6) is 0 Å². The van der Waals surface area contributed by atoms with Gasteiger partial charge >= 0.3 is 5.97 Å². The highest BCUT2D eigenvalue weighted by molar-refractivity contribution is 5.97. The van der Waals surface area contributed by atoms with Crippen molar-refractivity contribution in [1.82, 2.24) is 15.5 Å². The Labute approximate surface area is 136 Å². The van der Waals surface area contributed by atoms with Gasteiger partial charge in [0.05, 0.1) is 13.2 Å². The van der Waals surface area contributed by atoms with Crippen LogP contribution in [0.3, 0.4) is 0 Å². The molecule has 0 radical (unpaired) electrons. The van der Waals surface area contributed by atoms with E-state index in [0.717, 1.165) is 13.1 Å². The lowest BCUT2D eigenvalue weighted by Crippen LogP contribution is -2.42.